The molecule has 0 bridgehead atoms. The predicted molar refractivity (Wildman–Crippen MR) is 81.2 cm³/mol. The second-order valence-corrected chi connectivity index (χ2v) is 5.71. The van der Waals surface area contributed by atoms with Crippen LogP contribution in [-0.4, -0.2) is 13.2 Å². The van der Waals surface area contributed by atoms with Gasteiger partial charge in [0.25, 0.3) is 0 Å². The molecule has 0 saturated heterocycles. The number of halogens is 1. The Bertz CT molecular complexity index is 366. The van der Waals surface area contributed by atoms with Crippen LogP contribution in [0.25, 0.3) is 0 Å². The monoisotopic (exact) mass is 313 g/mol. The molecule has 0 amide bonds. The summed E-state index contributed by atoms with van der Waals surface area (Å²) in [4.78, 5) is 0. The minimum absolute atomic E-state index is 0.337. The lowest BCUT2D eigenvalue weighted by molar-refractivity contribution is 0.322. The van der Waals surface area contributed by atoms with E-state index in [1.165, 1.54) is 5.56 Å². The van der Waals surface area contributed by atoms with E-state index in [9.17, 15) is 0 Å². The molecule has 0 aliphatic heterocycles. The minimum atomic E-state index is 0.337. The minimum Gasteiger partial charge on any atom is -0.494 e. The lowest BCUT2D eigenvalue weighted by atomic mass is 9.95. The summed E-state index contributed by atoms with van der Waals surface area (Å²) < 4.78 is 6.84. The number of nitrogens with one attached hydrogen (secondary N) is 1. The van der Waals surface area contributed by atoms with Crippen molar-refractivity contribution in [2.45, 2.75) is 40.2 Å². The van der Waals surface area contributed by atoms with E-state index in [-0.39, 0.29) is 0 Å². The highest BCUT2D eigenvalue weighted by Crippen LogP contribution is 2.32. The Morgan fingerprint density at radius 3 is 2.56 bits per heavy atom. The van der Waals surface area contributed by atoms with Gasteiger partial charge in [0, 0.05) is 16.1 Å². The molecule has 0 fully saturated rings. The molecule has 1 atom stereocenters. The van der Waals surface area contributed by atoms with Crippen LogP contribution in [0.2, 0.25) is 0 Å². The highest BCUT2D eigenvalue weighted by molar-refractivity contribution is 9.10. The average Bonchev–Trinajstić information content (AvgIpc) is 2.32. The lowest BCUT2D eigenvalue weighted by Crippen LogP contribution is -2.27. The molecule has 3 heteroatoms. The summed E-state index contributed by atoms with van der Waals surface area (Å²) in [5, 5.41) is 3.61. The molecule has 0 aromatic heterocycles. The van der Waals surface area contributed by atoms with Crippen LogP contribution in [0.4, 0.5) is 0 Å². The third-order valence-electron chi connectivity index (χ3n) is 2.89. The van der Waals surface area contributed by atoms with E-state index in [1.807, 2.05) is 19.1 Å². The molecule has 102 valence electrons. The molecule has 0 spiro atoms. The summed E-state index contributed by atoms with van der Waals surface area (Å²) in [7, 11) is 0. The number of rotatable bonds is 7. The second kappa shape index (κ2) is 7.80. The summed E-state index contributed by atoms with van der Waals surface area (Å²) in [6.07, 6.45) is 1.14. The van der Waals surface area contributed by atoms with Crippen LogP contribution in [0.15, 0.2) is 22.7 Å². The van der Waals surface area contributed by atoms with Gasteiger partial charge in [0.05, 0.1) is 6.61 Å². The van der Waals surface area contributed by atoms with Crippen molar-refractivity contribution in [1.82, 2.24) is 5.32 Å². The highest BCUT2D eigenvalue weighted by atomic mass is 79.9. The fraction of sp³-hybridized carbons (Fsp3) is 0.600. The molecule has 0 aliphatic rings. The first-order valence-electron chi connectivity index (χ1n) is 6.75. The zero-order chi connectivity index (χ0) is 13.5. The maximum atomic E-state index is 5.74. The molecule has 1 aromatic carbocycles. The van der Waals surface area contributed by atoms with Crippen molar-refractivity contribution in [3.8, 4) is 5.75 Å². The van der Waals surface area contributed by atoms with Crippen molar-refractivity contribution in [2.75, 3.05) is 13.2 Å². The van der Waals surface area contributed by atoms with Gasteiger partial charge in [-0.3, -0.25) is 0 Å². The Labute approximate surface area is 119 Å². The van der Waals surface area contributed by atoms with E-state index in [0.717, 1.165) is 23.2 Å². The molecular weight excluding hydrogens is 290 g/mol. The van der Waals surface area contributed by atoms with Gasteiger partial charge in [-0.15, -0.1) is 0 Å². The fourth-order valence-corrected chi connectivity index (χ4v) is 2.43. The average molecular weight is 314 g/mol. The normalized spacial score (nSPS) is 12.8. The largest absolute Gasteiger partial charge is 0.494 e. The Balaban J connectivity index is 3.03. The maximum Gasteiger partial charge on any atom is 0.124 e. The van der Waals surface area contributed by atoms with Crippen LogP contribution < -0.4 is 10.1 Å². The number of hydrogen-bond donors (Lipinski definition) is 1. The zero-order valence-corrected chi connectivity index (χ0v) is 13.4. The van der Waals surface area contributed by atoms with Crippen molar-refractivity contribution in [1.29, 1.82) is 0 Å². The van der Waals surface area contributed by atoms with Gasteiger partial charge in [0.15, 0.2) is 0 Å². The molecular formula is C15H24BrNO. The Kier molecular flexibility index (Phi) is 6.72. The SMILES string of the molecule is CCCNC(c1cc(Br)ccc1OCC)C(C)C. The molecule has 18 heavy (non-hydrogen) atoms. The van der Waals surface area contributed by atoms with Gasteiger partial charge in [-0.2, -0.15) is 0 Å². The number of hydrogen-bond acceptors (Lipinski definition) is 2. The standard InChI is InChI=1S/C15H24BrNO/c1-5-9-17-15(11(3)4)13-10-12(16)7-8-14(13)18-6-2/h7-8,10-11,15,17H,5-6,9H2,1-4H3. The smallest absolute Gasteiger partial charge is 0.124 e. The van der Waals surface area contributed by atoms with E-state index >= 15 is 0 Å². The molecule has 1 N–H and O–H groups in total. The number of benzene rings is 1. The van der Waals surface area contributed by atoms with Crippen molar-refractivity contribution in [2.24, 2.45) is 5.92 Å². The van der Waals surface area contributed by atoms with Gasteiger partial charge in [-0.05, 0) is 44.0 Å². The van der Waals surface area contributed by atoms with Crippen LogP contribution in [0, 0.1) is 5.92 Å². The summed E-state index contributed by atoms with van der Waals surface area (Å²) >= 11 is 3.55. The summed E-state index contributed by atoms with van der Waals surface area (Å²) in [6.45, 7) is 10.4. The zero-order valence-electron chi connectivity index (χ0n) is 11.8. The van der Waals surface area contributed by atoms with Crippen LogP contribution in [-0.2, 0) is 0 Å². The van der Waals surface area contributed by atoms with Crippen LogP contribution in [0.1, 0.15) is 45.7 Å². The summed E-state index contributed by atoms with van der Waals surface area (Å²) in [5.41, 5.74) is 1.25. The van der Waals surface area contributed by atoms with E-state index in [0.29, 0.717) is 18.6 Å². The molecule has 1 unspecified atom stereocenters. The third-order valence-corrected chi connectivity index (χ3v) is 3.38. The Morgan fingerprint density at radius 1 is 1.28 bits per heavy atom. The van der Waals surface area contributed by atoms with Crippen molar-refractivity contribution < 1.29 is 4.74 Å². The number of ether oxygens (including phenoxy) is 1. The molecule has 1 aromatic rings. The highest BCUT2D eigenvalue weighted by Gasteiger charge is 2.19. The predicted octanol–water partition coefficient (Wildman–Crippen LogP) is 4.54. The maximum absolute atomic E-state index is 5.74. The van der Waals surface area contributed by atoms with Gasteiger partial charge >= 0.3 is 0 Å². The fourth-order valence-electron chi connectivity index (χ4n) is 2.05. The second-order valence-electron chi connectivity index (χ2n) is 4.79. The first-order valence-corrected chi connectivity index (χ1v) is 7.55. The van der Waals surface area contributed by atoms with Crippen LogP contribution >= 0.6 is 15.9 Å². The lowest BCUT2D eigenvalue weighted by Gasteiger charge is -2.25. The Morgan fingerprint density at radius 2 is 2.00 bits per heavy atom. The van der Waals surface area contributed by atoms with Crippen molar-refractivity contribution in [3.63, 3.8) is 0 Å². The Hall–Kier alpha value is -0.540. The van der Waals surface area contributed by atoms with Gasteiger partial charge < -0.3 is 10.1 Å². The van der Waals surface area contributed by atoms with Crippen LogP contribution in [0.5, 0.6) is 5.75 Å². The van der Waals surface area contributed by atoms with E-state index < -0.39 is 0 Å². The summed E-state index contributed by atoms with van der Waals surface area (Å²) in [5.74, 6) is 1.52. The first kappa shape index (κ1) is 15.5. The van der Waals surface area contributed by atoms with E-state index in [4.69, 9.17) is 4.74 Å². The molecule has 1 rings (SSSR count). The quantitative estimate of drug-likeness (QED) is 0.797. The van der Waals surface area contributed by atoms with Crippen LogP contribution in [0.3, 0.4) is 0 Å². The van der Waals surface area contributed by atoms with Gasteiger partial charge in [0.2, 0.25) is 0 Å². The van der Waals surface area contributed by atoms with Gasteiger partial charge in [0.1, 0.15) is 5.75 Å². The summed E-state index contributed by atoms with van der Waals surface area (Å²) in [6, 6.07) is 6.58. The molecule has 0 saturated carbocycles. The van der Waals surface area contributed by atoms with Crippen molar-refractivity contribution >= 4 is 15.9 Å². The van der Waals surface area contributed by atoms with Gasteiger partial charge in [-0.1, -0.05) is 36.7 Å². The van der Waals surface area contributed by atoms with Gasteiger partial charge in [-0.25, -0.2) is 0 Å². The van der Waals surface area contributed by atoms with E-state index in [2.05, 4.69) is 48.1 Å². The van der Waals surface area contributed by atoms with E-state index in [1.54, 1.807) is 0 Å². The topological polar surface area (TPSA) is 21.3 Å². The van der Waals surface area contributed by atoms with Crippen molar-refractivity contribution in [3.05, 3.63) is 28.2 Å². The first-order chi connectivity index (χ1) is 8.60. The molecule has 0 radical (unpaired) electrons. The molecule has 2 nitrogen and oxygen atoms in total. The molecule has 0 heterocycles. The third kappa shape index (κ3) is 4.29. The molecule has 0 aliphatic carbocycles.